The van der Waals surface area contributed by atoms with Crippen molar-refractivity contribution in [2.75, 3.05) is 27.9 Å². The summed E-state index contributed by atoms with van der Waals surface area (Å²) in [6, 6.07) is 13.0. The highest BCUT2D eigenvalue weighted by atomic mass is 16.5. The van der Waals surface area contributed by atoms with E-state index in [1.54, 1.807) is 40.4 Å². The summed E-state index contributed by atoms with van der Waals surface area (Å²) in [6.07, 6.45) is 1.45. The Balaban J connectivity index is 2.71. The Morgan fingerprint density at radius 3 is 2.04 bits per heavy atom. The number of carbonyl (C=O) groups is 1. The molecule has 0 aromatic heterocycles. The van der Waals surface area contributed by atoms with Crippen LogP contribution < -0.4 is 14.2 Å². The number of methoxy groups -OCH3 is 3. The maximum absolute atomic E-state index is 12.1. The molecule has 0 heterocycles. The lowest BCUT2D eigenvalue weighted by atomic mass is 9.95. The largest absolute Gasteiger partial charge is 0.496 e. The second-order valence-corrected chi connectivity index (χ2v) is 5.08. The highest BCUT2D eigenvalue weighted by molar-refractivity contribution is 5.98. The standard InChI is InChI=1S/C20H22O5/c1-5-25-19(21)13-16(14-9-7-6-8-10-14)20-17(23-3)11-15(22-2)12-18(20)24-4/h6-13H,5H2,1-4H3/b16-13+. The molecule has 0 amide bonds. The van der Waals surface area contributed by atoms with Gasteiger partial charge in [0, 0.05) is 23.8 Å². The summed E-state index contributed by atoms with van der Waals surface area (Å²) in [5.74, 6) is 1.24. The first-order chi connectivity index (χ1) is 12.1. The Hall–Kier alpha value is -2.95. The molecule has 2 rings (SSSR count). The summed E-state index contributed by atoms with van der Waals surface area (Å²) in [6.45, 7) is 2.07. The quantitative estimate of drug-likeness (QED) is 0.567. The summed E-state index contributed by atoms with van der Waals surface area (Å²) >= 11 is 0. The number of hydrogen-bond donors (Lipinski definition) is 0. The maximum Gasteiger partial charge on any atom is 0.331 e. The molecule has 0 fully saturated rings. The van der Waals surface area contributed by atoms with E-state index in [0.717, 1.165) is 5.56 Å². The second kappa shape index (κ2) is 8.78. The van der Waals surface area contributed by atoms with E-state index < -0.39 is 5.97 Å². The SMILES string of the molecule is CCOC(=O)/C=C(\c1ccccc1)c1c(OC)cc(OC)cc1OC. The molecule has 0 aliphatic carbocycles. The molecule has 0 unspecified atom stereocenters. The van der Waals surface area contributed by atoms with Crippen molar-refractivity contribution in [3.8, 4) is 17.2 Å². The summed E-state index contributed by atoms with van der Waals surface area (Å²) in [5, 5.41) is 0. The van der Waals surface area contributed by atoms with Gasteiger partial charge in [0.05, 0.1) is 33.5 Å². The zero-order valence-corrected chi connectivity index (χ0v) is 14.9. The smallest absolute Gasteiger partial charge is 0.331 e. The monoisotopic (exact) mass is 342 g/mol. The molecule has 132 valence electrons. The molecule has 0 atom stereocenters. The van der Waals surface area contributed by atoms with Gasteiger partial charge >= 0.3 is 5.97 Å². The fraction of sp³-hybridized carbons (Fsp3) is 0.250. The third kappa shape index (κ3) is 4.32. The van der Waals surface area contributed by atoms with Gasteiger partial charge in [0.1, 0.15) is 17.2 Å². The van der Waals surface area contributed by atoms with Crippen molar-refractivity contribution in [3.05, 3.63) is 59.7 Å². The number of ether oxygens (including phenoxy) is 4. The Labute approximate surface area is 147 Å². The van der Waals surface area contributed by atoms with Crippen LogP contribution in [-0.4, -0.2) is 33.9 Å². The van der Waals surface area contributed by atoms with Crippen molar-refractivity contribution in [1.82, 2.24) is 0 Å². The fourth-order valence-corrected chi connectivity index (χ4v) is 2.49. The van der Waals surface area contributed by atoms with Gasteiger partial charge in [-0.15, -0.1) is 0 Å². The molecule has 2 aromatic rings. The average molecular weight is 342 g/mol. The first-order valence-corrected chi connectivity index (χ1v) is 7.88. The Kier molecular flexibility index (Phi) is 6.46. The molecule has 25 heavy (non-hydrogen) atoms. The summed E-state index contributed by atoms with van der Waals surface area (Å²) < 4.78 is 21.4. The van der Waals surface area contributed by atoms with Crippen LogP contribution >= 0.6 is 0 Å². The Bertz CT molecular complexity index is 725. The normalized spacial score (nSPS) is 11.0. The molecule has 0 bridgehead atoms. The molecule has 5 nitrogen and oxygen atoms in total. The van der Waals surface area contributed by atoms with Gasteiger partial charge in [0.15, 0.2) is 0 Å². The number of benzene rings is 2. The van der Waals surface area contributed by atoms with Gasteiger partial charge in [-0.3, -0.25) is 0 Å². The minimum atomic E-state index is -0.429. The van der Waals surface area contributed by atoms with E-state index in [4.69, 9.17) is 18.9 Å². The van der Waals surface area contributed by atoms with Crippen LogP contribution in [0.2, 0.25) is 0 Å². The van der Waals surface area contributed by atoms with E-state index >= 15 is 0 Å². The molecular weight excluding hydrogens is 320 g/mol. The third-order valence-electron chi connectivity index (χ3n) is 3.62. The summed E-state index contributed by atoms with van der Waals surface area (Å²) in [7, 11) is 4.69. The lowest BCUT2D eigenvalue weighted by molar-refractivity contribution is -0.137. The fourth-order valence-electron chi connectivity index (χ4n) is 2.49. The number of esters is 1. The molecular formula is C20H22O5. The third-order valence-corrected chi connectivity index (χ3v) is 3.62. The topological polar surface area (TPSA) is 54.0 Å². The van der Waals surface area contributed by atoms with Crippen molar-refractivity contribution in [2.24, 2.45) is 0 Å². The average Bonchev–Trinajstić information content (AvgIpc) is 2.66. The molecule has 0 N–H and O–H groups in total. The van der Waals surface area contributed by atoms with Gasteiger partial charge in [-0.05, 0) is 12.5 Å². The summed E-state index contributed by atoms with van der Waals surface area (Å²) in [4.78, 5) is 12.1. The molecule has 5 heteroatoms. The van der Waals surface area contributed by atoms with Crippen molar-refractivity contribution in [3.63, 3.8) is 0 Å². The van der Waals surface area contributed by atoms with Crippen LogP contribution in [0.4, 0.5) is 0 Å². The van der Waals surface area contributed by atoms with Crippen LogP contribution in [0.1, 0.15) is 18.1 Å². The highest BCUT2D eigenvalue weighted by Gasteiger charge is 2.20. The summed E-state index contributed by atoms with van der Waals surface area (Å²) in [5.41, 5.74) is 2.15. The van der Waals surface area contributed by atoms with E-state index in [0.29, 0.717) is 35.0 Å². The number of rotatable bonds is 7. The minimum Gasteiger partial charge on any atom is -0.496 e. The first kappa shape index (κ1) is 18.4. The van der Waals surface area contributed by atoms with Gasteiger partial charge in [-0.1, -0.05) is 30.3 Å². The van der Waals surface area contributed by atoms with Crippen molar-refractivity contribution in [1.29, 1.82) is 0 Å². The van der Waals surface area contributed by atoms with E-state index in [9.17, 15) is 4.79 Å². The molecule has 0 saturated heterocycles. The second-order valence-electron chi connectivity index (χ2n) is 5.08. The number of carbonyl (C=O) groups excluding carboxylic acids is 1. The molecule has 0 aliphatic rings. The predicted molar refractivity (Wildman–Crippen MR) is 96.3 cm³/mol. The first-order valence-electron chi connectivity index (χ1n) is 7.88. The van der Waals surface area contributed by atoms with Crippen molar-refractivity contribution < 1.29 is 23.7 Å². The van der Waals surface area contributed by atoms with Crippen LogP contribution in [0, 0.1) is 0 Å². The lowest BCUT2D eigenvalue weighted by Gasteiger charge is -2.18. The highest BCUT2D eigenvalue weighted by Crippen LogP contribution is 2.41. The van der Waals surface area contributed by atoms with E-state index in [2.05, 4.69) is 0 Å². The molecule has 0 spiro atoms. The van der Waals surface area contributed by atoms with E-state index in [1.807, 2.05) is 30.3 Å². The van der Waals surface area contributed by atoms with Crippen LogP contribution in [0.25, 0.3) is 5.57 Å². The van der Waals surface area contributed by atoms with Crippen LogP contribution in [0.5, 0.6) is 17.2 Å². The molecule has 0 aliphatic heterocycles. The minimum absolute atomic E-state index is 0.300. The lowest BCUT2D eigenvalue weighted by Crippen LogP contribution is -2.04. The number of hydrogen-bond acceptors (Lipinski definition) is 5. The van der Waals surface area contributed by atoms with Crippen molar-refractivity contribution in [2.45, 2.75) is 6.92 Å². The zero-order chi connectivity index (χ0) is 18.2. The van der Waals surface area contributed by atoms with Gasteiger partial charge in [0.2, 0.25) is 0 Å². The Morgan fingerprint density at radius 2 is 1.56 bits per heavy atom. The van der Waals surface area contributed by atoms with Crippen molar-refractivity contribution >= 4 is 11.5 Å². The molecule has 2 aromatic carbocycles. The Morgan fingerprint density at radius 1 is 0.960 bits per heavy atom. The predicted octanol–water partition coefficient (Wildman–Crippen LogP) is 3.71. The van der Waals surface area contributed by atoms with Gasteiger partial charge in [0.25, 0.3) is 0 Å². The van der Waals surface area contributed by atoms with Gasteiger partial charge in [-0.25, -0.2) is 4.79 Å². The van der Waals surface area contributed by atoms with Crippen LogP contribution in [0.3, 0.4) is 0 Å². The van der Waals surface area contributed by atoms with E-state index in [-0.39, 0.29) is 0 Å². The van der Waals surface area contributed by atoms with Gasteiger partial charge < -0.3 is 18.9 Å². The van der Waals surface area contributed by atoms with Crippen LogP contribution in [0.15, 0.2) is 48.5 Å². The maximum atomic E-state index is 12.1. The molecule has 0 radical (unpaired) electrons. The van der Waals surface area contributed by atoms with Gasteiger partial charge in [-0.2, -0.15) is 0 Å². The van der Waals surface area contributed by atoms with Crippen LogP contribution in [-0.2, 0) is 9.53 Å². The van der Waals surface area contributed by atoms with E-state index in [1.165, 1.54) is 6.08 Å². The molecule has 0 saturated carbocycles. The zero-order valence-electron chi connectivity index (χ0n) is 14.9.